The molecule has 12 atom stereocenters. The first kappa shape index (κ1) is 27.7. The van der Waals surface area contributed by atoms with E-state index in [9.17, 15) is 9.90 Å². The van der Waals surface area contributed by atoms with Crippen LogP contribution in [0.25, 0.3) is 0 Å². The maximum absolute atomic E-state index is 12.8. The van der Waals surface area contributed by atoms with E-state index >= 15 is 0 Å². The van der Waals surface area contributed by atoms with Crippen LogP contribution in [0, 0.1) is 57.7 Å². The Balaban J connectivity index is 2.21. The Morgan fingerprint density at radius 2 is 1.62 bits per heavy atom. The van der Waals surface area contributed by atoms with Gasteiger partial charge in [-0.05, 0) is 89.9 Å². The summed E-state index contributed by atoms with van der Waals surface area (Å²) >= 11 is 0. The molecule has 3 aliphatic rings. The highest BCUT2D eigenvalue weighted by atomic mass is 16.6. The van der Waals surface area contributed by atoms with Crippen LogP contribution in [0.15, 0.2) is 11.1 Å². The number of rotatable bonds is 3. The summed E-state index contributed by atoms with van der Waals surface area (Å²) in [5, 5.41) is 10.3. The first-order chi connectivity index (χ1) is 15.4. The minimum Gasteiger partial charge on any atom is -0.456 e. The molecule has 4 heteroatoms. The highest BCUT2D eigenvalue weighted by Gasteiger charge is 2.64. The Kier molecular flexibility index (Phi) is 7.26. The van der Waals surface area contributed by atoms with Crippen LogP contribution in [-0.4, -0.2) is 29.3 Å². The minimum absolute atomic E-state index is 0.0160. The molecule has 0 aromatic heterocycles. The second kappa shape index (κ2) is 8.91. The molecule has 2 saturated carbocycles. The van der Waals surface area contributed by atoms with Gasteiger partial charge in [-0.25, -0.2) is 4.79 Å². The molecule has 3 N–H and O–H groups in total. The topological polar surface area (TPSA) is 72.5 Å². The summed E-state index contributed by atoms with van der Waals surface area (Å²) in [5.74, 6) is 3.39. The summed E-state index contributed by atoms with van der Waals surface area (Å²) in [6.45, 7) is 28.5. The van der Waals surface area contributed by atoms with Gasteiger partial charge < -0.3 is 15.6 Å². The van der Waals surface area contributed by atoms with Crippen LogP contribution in [-0.2, 0) is 9.53 Å². The fourth-order valence-corrected chi connectivity index (χ4v) is 9.21. The van der Waals surface area contributed by atoms with E-state index in [1.54, 1.807) is 6.92 Å². The van der Waals surface area contributed by atoms with Crippen molar-refractivity contribution in [3.63, 3.8) is 0 Å². The molecule has 3 aliphatic carbocycles. The first-order valence-corrected chi connectivity index (χ1v) is 13.8. The normalized spacial score (nSPS) is 48.3. The Labute approximate surface area is 209 Å². The monoisotopic (exact) mass is 475 g/mol. The van der Waals surface area contributed by atoms with Crippen molar-refractivity contribution in [2.45, 2.75) is 114 Å². The SMILES string of the molecule is CC1=C2C(C)C(C)C3(C)C(C)CC(C)C(C)C3C(C)C(C)(CC1OC(=O)C(O)C(C)N)C2(C)C. The number of carbonyl (C=O) groups excluding carboxylic acids is 1. The zero-order chi connectivity index (χ0) is 26.1. The number of carbonyl (C=O) groups is 1. The Morgan fingerprint density at radius 1 is 1.06 bits per heavy atom. The standard InChI is InChI=1S/C30H53NO3/c1-15-13-16(2)30(12)20(6)18(4)24-19(5)23(34-27(33)26(32)22(8)31)14-29(11,28(24,9)10)21(7)25(30)17(15)3/h15-18,20-23,25-26,32H,13-14,31H2,1-12H3. The number of hydrogen-bond acceptors (Lipinski definition) is 4. The molecule has 0 radical (unpaired) electrons. The van der Waals surface area contributed by atoms with Crippen molar-refractivity contribution in [3.8, 4) is 0 Å². The molecule has 3 rings (SSSR count). The van der Waals surface area contributed by atoms with Gasteiger partial charge in [-0.2, -0.15) is 0 Å². The molecule has 0 spiro atoms. The predicted molar refractivity (Wildman–Crippen MR) is 140 cm³/mol. The van der Waals surface area contributed by atoms with Crippen LogP contribution in [0.1, 0.15) is 95.9 Å². The van der Waals surface area contributed by atoms with E-state index in [1.165, 1.54) is 17.6 Å². The molecule has 2 fully saturated rings. The summed E-state index contributed by atoms with van der Waals surface area (Å²) in [4.78, 5) is 12.8. The van der Waals surface area contributed by atoms with E-state index in [4.69, 9.17) is 10.5 Å². The van der Waals surface area contributed by atoms with E-state index in [-0.39, 0.29) is 22.3 Å². The molecule has 34 heavy (non-hydrogen) atoms. The number of fused-ring (bicyclic) bond motifs is 3. The molecule has 4 nitrogen and oxygen atoms in total. The van der Waals surface area contributed by atoms with E-state index in [0.717, 1.165) is 6.42 Å². The van der Waals surface area contributed by atoms with E-state index in [2.05, 4.69) is 76.2 Å². The number of ether oxygens (including phenoxy) is 1. The lowest BCUT2D eigenvalue weighted by atomic mass is 9.37. The lowest BCUT2D eigenvalue weighted by Crippen LogP contribution is -2.62. The highest BCUT2D eigenvalue weighted by molar-refractivity contribution is 5.75. The number of allylic oxidation sites excluding steroid dienone is 1. The average Bonchev–Trinajstić information content (AvgIpc) is 2.74. The summed E-state index contributed by atoms with van der Waals surface area (Å²) in [5.41, 5.74) is 8.66. The molecule has 0 amide bonds. The van der Waals surface area contributed by atoms with E-state index in [1.807, 2.05) is 0 Å². The van der Waals surface area contributed by atoms with Crippen LogP contribution in [0.5, 0.6) is 0 Å². The second-order valence-corrected chi connectivity index (χ2v) is 13.8. The maximum atomic E-state index is 12.8. The lowest BCUT2D eigenvalue weighted by molar-refractivity contribution is -0.176. The van der Waals surface area contributed by atoms with Gasteiger partial charge in [0.05, 0.1) is 0 Å². The van der Waals surface area contributed by atoms with Crippen molar-refractivity contribution >= 4 is 5.97 Å². The van der Waals surface area contributed by atoms with Crippen molar-refractivity contribution in [1.82, 2.24) is 0 Å². The van der Waals surface area contributed by atoms with Gasteiger partial charge in [-0.1, -0.05) is 74.8 Å². The number of esters is 1. The number of aliphatic hydroxyl groups is 1. The van der Waals surface area contributed by atoms with Gasteiger partial charge in [0, 0.05) is 6.04 Å². The molecular formula is C30H53NO3. The quantitative estimate of drug-likeness (QED) is 0.376. The van der Waals surface area contributed by atoms with Gasteiger partial charge in [0.2, 0.25) is 0 Å². The van der Waals surface area contributed by atoms with Gasteiger partial charge >= 0.3 is 5.97 Å². The molecule has 2 bridgehead atoms. The molecule has 12 unspecified atom stereocenters. The molecular weight excluding hydrogens is 422 g/mol. The lowest BCUT2D eigenvalue weighted by Gasteiger charge is -2.67. The molecule has 0 aromatic rings. The van der Waals surface area contributed by atoms with Crippen molar-refractivity contribution in [2.24, 2.45) is 63.4 Å². The summed E-state index contributed by atoms with van der Waals surface area (Å²) < 4.78 is 6.05. The Bertz CT molecular complexity index is 831. The molecule has 0 aliphatic heterocycles. The van der Waals surface area contributed by atoms with Gasteiger partial charge in [0.1, 0.15) is 6.10 Å². The molecule has 0 heterocycles. The minimum atomic E-state index is -1.29. The van der Waals surface area contributed by atoms with Gasteiger partial charge in [0.25, 0.3) is 0 Å². The number of aliphatic hydroxyl groups excluding tert-OH is 1. The van der Waals surface area contributed by atoms with Crippen LogP contribution >= 0.6 is 0 Å². The smallest absolute Gasteiger partial charge is 0.337 e. The van der Waals surface area contributed by atoms with Gasteiger partial charge in [-0.15, -0.1) is 0 Å². The van der Waals surface area contributed by atoms with Crippen LogP contribution < -0.4 is 5.73 Å². The largest absolute Gasteiger partial charge is 0.456 e. The number of hydrogen-bond donors (Lipinski definition) is 2. The van der Waals surface area contributed by atoms with Crippen LogP contribution in [0.3, 0.4) is 0 Å². The zero-order valence-corrected chi connectivity index (χ0v) is 24.0. The summed E-state index contributed by atoms with van der Waals surface area (Å²) in [7, 11) is 0. The van der Waals surface area contributed by atoms with Crippen LogP contribution in [0.2, 0.25) is 0 Å². The second-order valence-electron chi connectivity index (χ2n) is 13.8. The zero-order valence-electron chi connectivity index (χ0n) is 24.0. The third-order valence-electron chi connectivity index (χ3n) is 12.3. The Hall–Kier alpha value is -0.870. The third-order valence-corrected chi connectivity index (χ3v) is 12.3. The van der Waals surface area contributed by atoms with Crippen molar-refractivity contribution < 1.29 is 14.6 Å². The van der Waals surface area contributed by atoms with Crippen molar-refractivity contribution in [3.05, 3.63) is 11.1 Å². The van der Waals surface area contributed by atoms with Crippen LogP contribution in [0.4, 0.5) is 0 Å². The van der Waals surface area contributed by atoms with Crippen molar-refractivity contribution in [2.75, 3.05) is 0 Å². The summed E-state index contributed by atoms with van der Waals surface area (Å²) in [6.07, 6.45) is 0.481. The average molecular weight is 476 g/mol. The fourth-order valence-electron chi connectivity index (χ4n) is 9.21. The fraction of sp³-hybridized carbons (Fsp3) is 0.900. The summed E-state index contributed by atoms with van der Waals surface area (Å²) in [6, 6.07) is -0.647. The maximum Gasteiger partial charge on any atom is 0.337 e. The first-order valence-electron chi connectivity index (χ1n) is 13.8. The van der Waals surface area contributed by atoms with Gasteiger partial charge in [-0.3, -0.25) is 0 Å². The third kappa shape index (κ3) is 3.72. The van der Waals surface area contributed by atoms with Crippen molar-refractivity contribution in [1.29, 1.82) is 0 Å². The molecule has 196 valence electrons. The molecule has 0 saturated heterocycles. The van der Waals surface area contributed by atoms with Gasteiger partial charge in [0.15, 0.2) is 6.10 Å². The van der Waals surface area contributed by atoms with E-state index in [0.29, 0.717) is 41.4 Å². The highest BCUT2D eigenvalue weighted by Crippen LogP contribution is 2.70. The number of nitrogens with two attached hydrogens (primary N) is 1. The molecule has 0 aromatic carbocycles. The van der Waals surface area contributed by atoms with E-state index < -0.39 is 18.1 Å². The predicted octanol–water partition coefficient (Wildman–Crippen LogP) is 6.22. The Morgan fingerprint density at radius 3 is 2.15 bits per heavy atom.